The van der Waals surface area contributed by atoms with Gasteiger partial charge in [-0.15, -0.1) is 6.42 Å². The third-order valence-corrected chi connectivity index (χ3v) is 7.82. The first-order valence-electron chi connectivity index (χ1n) is 9.06. The molecule has 0 aromatic rings. The van der Waals surface area contributed by atoms with Gasteiger partial charge in [-0.1, -0.05) is 36.6 Å². The number of fused-ring (bicyclic) bond motifs is 5. The van der Waals surface area contributed by atoms with Gasteiger partial charge < -0.3 is 5.11 Å². The van der Waals surface area contributed by atoms with Crippen LogP contribution in [0.4, 0.5) is 0 Å². The number of hydrogen-bond acceptors (Lipinski definition) is 1. The minimum atomic E-state index is -0.0942. The van der Waals surface area contributed by atoms with E-state index in [1.807, 2.05) is 0 Å². The van der Waals surface area contributed by atoms with Crippen molar-refractivity contribution in [2.24, 2.45) is 28.6 Å². The van der Waals surface area contributed by atoms with E-state index in [0.29, 0.717) is 11.8 Å². The van der Waals surface area contributed by atoms with Crippen LogP contribution in [-0.4, -0.2) is 11.2 Å². The van der Waals surface area contributed by atoms with Crippen LogP contribution in [0.25, 0.3) is 0 Å². The molecule has 22 heavy (non-hydrogen) atoms. The van der Waals surface area contributed by atoms with E-state index in [4.69, 9.17) is 6.42 Å². The van der Waals surface area contributed by atoms with E-state index in [1.54, 1.807) is 0 Å². The number of terminal acetylenes is 1. The lowest BCUT2D eigenvalue weighted by Gasteiger charge is -2.57. The molecule has 0 saturated heterocycles. The standard InChI is InChI=1S/C21H28O/c1-4-21-12-9-14(2)13-15(21)5-6-16-17-7-8-19(22)20(17,3)11-10-18(16)21/h1,13,16-19,22H,2,5-12H2,3H3/t16-,17-,18-,19+,20-,21-/m0/s1. The summed E-state index contributed by atoms with van der Waals surface area (Å²) in [5.74, 6) is 5.30. The first kappa shape index (κ1) is 14.6. The number of rotatable bonds is 0. The van der Waals surface area contributed by atoms with Gasteiger partial charge in [0.05, 0.1) is 11.5 Å². The highest BCUT2D eigenvalue weighted by Gasteiger charge is 2.59. The summed E-state index contributed by atoms with van der Waals surface area (Å²) in [6.07, 6.45) is 17.5. The van der Waals surface area contributed by atoms with E-state index in [-0.39, 0.29) is 16.9 Å². The Morgan fingerprint density at radius 3 is 2.77 bits per heavy atom. The third-order valence-electron chi connectivity index (χ3n) is 7.82. The Hall–Kier alpha value is -1.00. The van der Waals surface area contributed by atoms with Crippen molar-refractivity contribution in [3.05, 3.63) is 23.8 Å². The summed E-state index contributed by atoms with van der Waals surface area (Å²) in [4.78, 5) is 0. The van der Waals surface area contributed by atoms with Crippen LogP contribution in [-0.2, 0) is 0 Å². The molecule has 3 saturated carbocycles. The van der Waals surface area contributed by atoms with Crippen molar-refractivity contribution in [2.45, 2.75) is 64.4 Å². The van der Waals surface area contributed by atoms with Gasteiger partial charge in [0, 0.05) is 0 Å². The summed E-state index contributed by atoms with van der Waals surface area (Å²) >= 11 is 0. The molecule has 0 aliphatic heterocycles. The van der Waals surface area contributed by atoms with Gasteiger partial charge in [-0.05, 0) is 74.5 Å². The van der Waals surface area contributed by atoms with Gasteiger partial charge in [0.15, 0.2) is 0 Å². The molecule has 0 aromatic carbocycles. The molecule has 1 N–H and O–H groups in total. The predicted molar refractivity (Wildman–Crippen MR) is 90.0 cm³/mol. The topological polar surface area (TPSA) is 20.2 Å². The predicted octanol–water partition coefficient (Wildman–Crippen LogP) is 4.48. The van der Waals surface area contributed by atoms with Gasteiger partial charge in [-0.25, -0.2) is 0 Å². The monoisotopic (exact) mass is 296 g/mol. The zero-order valence-corrected chi connectivity index (χ0v) is 13.8. The van der Waals surface area contributed by atoms with Crippen LogP contribution in [0.1, 0.15) is 58.3 Å². The third kappa shape index (κ3) is 1.71. The molecule has 118 valence electrons. The van der Waals surface area contributed by atoms with Crippen molar-refractivity contribution < 1.29 is 5.11 Å². The van der Waals surface area contributed by atoms with E-state index in [0.717, 1.165) is 38.0 Å². The van der Waals surface area contributed by atoms with Gasteiger partial charge in [0.25, 0.3) is 0 Å². The quantitative estimate of drug-likeness (QED) is 0.653. The number of aliphatic hydroxyl groups excluding tert-OH is 1. The van der Waals surface area contributed by atoms with Crippen molar-refractivity contribution in [3.63, 3.8) is 0 Å². The Kier molecular flexibility index (Phi) is 3.15. The largest absolute Gasteiger partial charge is 0.393 e. The molecule has 4 rings (SSSR count). The van der Waals surface area contributed by atoms with Gasteiger partial charge in [0.2, 0.25) is 0 Å². The van der Waals surface area contributed by atoms with Gasteiger partial charge in [0.1, 0.15) is 0 Å². The highest BCUT2D eigenvalue weighted by molar-refractivity contribution is 5.40. The van der Waals surface area contributed by atoms with Gasteiger partial charge >= 0.3 is 0 Å². The molecule has 4 aliphatic carbocycles. The van der Waals surface area contributed by atoms with Crippen LogP contribution in [0.5, 0.6) is 0 Å². The van der Waals surface area contributed by atoms with E-state index in [1.165, 1.54) is 30.4 Å². The Bertz CT molecular complexity index is 579. The molecular formula is C21H28O. The molecule has 0 unspecified atom stereocenters. The first-order chi connectivity index (χ1) is 10.5. The summed E-state index contributed by atoms with van der Waals surface area (Å²) < 4.78 is 0. The zero-order valence-electron chi connectivity index (χ0n) is 13.8. The Labute approximate surface area is 134 Å². The van der Waals surface area contributed by atoms with Crippen molar-refractivity contribution >= 4 is 0 Å². The maximum Gasteiger partial charge on any atom is 0.0596 e. The Morgan fingerprint density at radius 2 is 2.00 bits per heavy atom. The molecule has 6 atom stereocenters. The molecule has 0 spiro atoms. The van der Waals surface area contributed by atoms with Crippen LogP contribution in [0.15, 0.2) is 23.8 Å². The van der Waals surface area contributed by atoms with Crippen molar-refractivity contribution in [1.29, 1.82) is 0 Å². The van der Waals surface area contributed by atoms with Crippen LogP contribution in [0.3, 0.4) is 0 Å². The fourth-order valence-corrected chi connectivity index (χ4v) is 6.55. The molecule has 0 amide bonds. The summed E-state index contributed by atoms with van der Waals surface area (Å²) in [5, 5.41) is 10.5. The number of hydrogen-bond donors (Lipinski definition) is 1. The molecule has 0 heterocycles. The molecule has 1 heteroatoms. The summed E-state index contributed by atoms with van der Waals surface area (Å²) in [5.41, 5.74) is 2.90. The number of aliphatic hydroxyl groups is 1. The maximum absolute atomic E-state index is 10.5. The SMILES string of the molecule is C#C[C@]12CCC(=C)C=C1CC[C@H]1[C@@H]3CC[C@@H](O)[C@@]3(C)CC[C@@H]12. The second-order valence-corrected chi connectivity index (χ2v) is 8.50. The summed E-state index contributed by atoms with van der Waals surface area (Å²) in [7, 11) is 0. The molecular weight excluding hydrogens is 268 g/mol. The smallest absolute Gasteiger partial charge is 0.0596 e. The molecule has 0 radical (unpaired) electrons. The van der Waals surface area contributed by atoms with Gasteiger partial charge in [-0.2, -0.15) is 0 Å². The first-order valence-corrected chi connectivity index (χ1v) is 9.06. The second kappa shape index (κ2) is 4.75. The minimum Gasteiger partial charge on any atom is -0.393 e. The van der Waals surface area contributed by atoms with Gasteiger partial charge in [-0.3, -0.25) is 0 Å². The van der Waals surface area contributed by atoms with Crippen molar-refractivity contribution in [1.82, 2.24) is 0 Å². The van der Waals surface area contributed by atoms with Crippen LogP contribution < -0.4 is 0 Å². The van der Waals surface area contributed by atoms with Crippen LogP contribution in [0, 0.1) is 40.9 Å². The molecule has 4 aliphatic rings. The highest BCUT2D eigenvalue weighted by Crippen LogP contribution is 2.65. The van der Waals surface area contributed by atoms with E-state index >= 15 is 0 Å². The lowest BCUT2D eigenvalue weighted by atomic mass is 9.47. The second-order valence-electron chi connectivity index (χ2n) is 8.50. The van der Waals surface area contributed by atoms with Crippen molar-refractivity contribution in [3.8, 4) is 12.3 Å². The maximum atomic E-state index is 10.5. The minimum absolute atomic E-state index is 0.00101. The summed E-state index contributed by atoms with van der Waals surface area (Å²) in [6.45, 7) is 6.51. The lowest BCUT2D eigenvalue weighted by molar-refractivity contribution is -0.0644. The number of allylic oxidation sites excluding steroid dienone is 3. The molecule has 1 nitrogen and oxygen atoms in total. The molecule has 0 bridgehead atoms. The average molecular weight is 296 g/mol. The lowest BCUT2D eigenvalue weighted by Crippen LogP contribution is -2.51. The normalized spacial score (nSPS) is 50.4. The summed E-state index contributed by atoms with van der Waals surface area (Å²) in [6, 6.07) is 0. The Morgan fingerprint density at radius 1 is 1.18 bits per heavy atom. The van der Waals surface area contributed by atoms with E-state index in [9.17, 15) is 5.11 Å². The van der Waals surface area contributed by atoms with E-state index < -0.39 is 0 Å². The highest BCUT2D eigenvalue weighted by atomic mass is 16.3. The van der Waals surface area contributed by atoms with Crippen LogP contribution >= 0.6 is 0 Å². The van der Waals surface area contributed by atoms with Crippen molar-refractivity contribution in [2.75, 3.05) is 0 Å². The van der Waals surface area contributed by atoms with E-state index in [2.05, 4.69) is 25.5 Å². The average Bonchev–Trinajstić information content (AvgIpc) is 2.82. The fourth-order valence-electron chi connectivity index (χ4n) is 6.55. The fraction of sp³-hybridized carbons (Fsp3) is 0.714. The van der Waals surface area contributed by atoms with Crippen LogP contribution in [0.2, 0.25) is 0 Å². The Balaban J connectivity index is 1.73. The zero-order chi connectivity index (χ0) is 15.5. The molecule has 0 aromatic heterocycles. The molecule has 3 fully saturated rings.